The van der Waals surface area contributed by atoms with Gasteiger partial charge < -0.3 is 14.2 Å². The molecule has 0 aromatic carbocycles. The summed E-state index contributed by atoms with van der Waals surface area (Å²) in [7, 11) is 0. The van der Waals surface area contributed by atoms with Gasteiger partial charge in [-0.25, -0.2) is 0 Å². The van der Waals surface area contributed by atoms with Crippen LogP contribution in [0.4, 0.5) is 0 Å². The highest BCUT2D eigenvalue weighted by atomic mass is 16.6. The lowest BCUT2D eigenvalue weighted by molar-refractivity contribution is -0.167. The van der Waals surface area contributed by atoms with Crippen molar-refractivity contribution in [3.8, 4) is 0 Å². The minimum Gasteiger partial charge on any atom is -0.462 e. The molecule has 0 aliphatic rings. The summed E-state index contributed by atoms with van der Waals surface area (Å²) in [5.41, 5.74) is 0. The molecule has 374 valence electrons. The maximum Gasteiger partial charge on any atom is 0.306 e. The number of esters is 3. The Morgan fingerprint density at radius 1 is 0.299 bits per heavy atom. The molecule has 0 aromatic heterocycles. The summed E-state index contributed by atoms with van der Waals surface area (Å²) in [4.78, 5) is 38.0. The van der Waals surface area contributed by atoms with Gasteiger partial charge in [-0.15, -0.1) is 0 Å². The van der Waals surface area contributed by atoms with Gasteiger partial charge >= 0.3 is 17.9 Å². The van der Waals surface area contributed by atoms with Crippen molar-refractivity contribution in [1.29, 1.82) is 0 Å². The summed E-state index contributed by atoms with van der Waals surface area (Å²) >= 11 is 0. The first-order valence-corrected chi connectivity index (χ1v) is 26.3. The number of hydrogen-bond donors (Lipinski definition) is 0. The van der Waals surface area contributed by atoms with Gasteiger partial charge in [0.15, 0.2) is 6.10 Å². The van der Waals surface area contributed by atoms with Crippen molar-refractivity contribution in [2.24, 2.45) is 0 Å². The monoisotopic (exact) mass is 923 g/mol. The molecular formula is C61H94O6. The van der Waals surface area contributed by atoms with Gasteiger partial charge in [0.2, 0.25) is 0 Å². The van der Waals surface area contributed by atoms with Gasteiger partial charge in [0.25, 0.3) is 0 Å². The van der Waals surface area contributed by atoms with Gasteiger partial charge in [0.1, 0.15) is 13.2 Å². The van der Waals surface area contributed by atoms with Crippen LogP contribution in [0.2, 0.25) is 0 Å². The first-order chi connectivity index (χ1) is 33.0. The highest BCUT2D eigenvalue weighted by Gasteiger charge is 2.19. The second kappa shape index (κ2) is 53.9. The molecular weight excluding hydrogens is 829 g/mol. The van der Waals surface area contributed by atoms with Gasteiger partial charge in [-0.05, 0) is 135 Å². The Morgan fingerprint density at radius 3 is 0.836 bits per heavy atom. The van der Waals surface area contributed by atoms with Crippen LogP contribution in [0.15, 0.2) is 146 Å². The fourth-order valence-corrected chi connectivity index (χ4v) is 6.47. The second-order valence-electron chi connectivity index (χ2n) is 16.6. The van der Waals surface area contributed by atoms with Gasteiger partial charge in [0.05, 0.1) is 0 Å². The molecule has 1 atom stereocenters. The van der Waals surface area contributed by atoms with E-state index in [1.165, 1.54) is 0 Å². The van der Waals surface area contributed by atoms with E-state index < -0.39 is 6.10 Å². The van der Waals surface area contributed by atoms with Crippen molar-refractivity contribution in [2.45, 2.75) is 207 Å². The Kier molecular flexibility index (Phi) is 50.1. The lowest BCUT2D eigenvalue weighted by Gasteiger charge is -2.18. The molecule has 0 N–H and O–H groups in total. The smallest absolute Gasteiger partial charge is 0.306 e. The summed E-state index contributed by atoms with van der Waals surface area (Å²) in [6.07, 6.45) is 76.9. The number of allylic oxidation sites excluding steroid dienone is 24. The normalized spacial score (nSPS) is 13.3. The number of unbranched alkanes of at least 4 members (excludes halogenated alkanes) is 10. The Balaban J connectivity index is 4.57. The minimum atomic E-state index is -0.824. The van der Waals surface area contributed by atoms with Crippen LogP contribution in [-0.2, 0) is 28.6 Å². The molecule has 67 heavy (non-hydrogen) atoms. The molecule has 0 saturated heterocycles. The Hall–Kier alpha value is -4.71. The quantitative estimate of drug-likeness (QED) is 0.0262. The highest BCUT2D eigenvalue weighted by molar-refractivity contribution is 5.71. The van der Waals surface area contributed by atoms with E-state index in [1.807, 2.05) is 0 Å². The Bertz CT molecular complexity index is 1530. The van der Waals surface area contributed by atoms with E-state index in [2.05, 4.69) is 167 Å². The lowest BCUT2D eigenvalue weighted by Crippen LogP contribution is -2.30. The van der Waals surface area contributed by atoms with Crippen molar-refractivity contribution < 1.29 is 28.6 Å². The maximum absolute atomic E-state index is 12.8. The molecule has 0 spiro atoms. The highest BCUT2D eigenvalue weighted by Crippen LogP contribution is 2.11. The second-order valence-corrected chi connectivity index (χ2v) is 16.6. The number of rotatable bonds is 45. The molecule has 6 nitrogen and oxygen atoms in total. The van der Waals surface area contributed by atoms with E-state index in [1.54, 1.807) is 0 Å². The minimum absolute atomic E-state index is 0.120. The molecule has 0 aromatic rings. The van der Waals surface area contributed by atoms with E-state index in [9.17, 15) is 14.4 Å². The van der Waals surface area contributed by atoms with Crippen molar-refractivity contribution in [3.05, 3.63) is 146 Å². The fourth-order valence-electron chi connectivity index (χ4n) is 6.47. The van der Waals surface area contributed by atoms with Gasteiger partial charge in [-0.1, -0.05) is 192 Å². The molecule has 1 unspecified atom stereocenters. The molecule has 0 aliphatic heterocycles. The Labute approximate surface area is 410 Å². The van der Waals surface area contributed by atoms with Crippen LogP contribution in [-0.4, -0.2) is 37.2 Å². The third kappa shape index (κ3) is 52.1. The number of carbonyl (C=O) groups excluding carboxylic acids is 3. The van der Waals surface area contributed by atoms with Crippen LogP contribution in [0.1, 0.15) is 201 Å². The zero-order chi connectivity index (χ0) is 48.6. The zero-order valence-electron chi connectivity index (χ0n) is 42.6. The summed E-state index contributed by atoms with van der Waals surface area (Å²) in [5, 5.41) is 0. The summed E-state index contributed by atoms with van der Waals surface area (Å²) in [6.45, 7) is 6.20. The van der Waals surface area contributed by atoms with Crippen molar-refractivity contribution in [3.63, 3.8) is 0 Å². The maximum atomic E-state index is 12.8. The zero-order valence-corrected chi connectivity index (χ0v) is 42.6. The molecule has 0 saturated carbocycles. The number of ether oxygens (including phenoxy) is 3. The van der Waals surface area contributed by atoms with E-state index in [0.717, 1.165) is 154 Å². The molecule has 0 amide bonds. The van der Waals surface area contributed by atoms with Crippen molar-refractivity contribution >= 4 is 17.9 Å². The average Bonchev–Trinajstić information content (AvgIpc) is 3.33. The predicted molar refractivity (Wildman–Crippen MR) is 288 cm³/mol. The number of hydrogen-bond acceptors (Lipinski definition) is 6. The average molecular weight is 923 g/mol. The fraction of sp³-hybridized carbons (Fsp3) is 0.557. The van der Waals surface area contributed by atoms with Crippen LogP contribution in [0.5, 0.6) is 0 Å². The van der Waals surface area contributed by atoms with Crippen LogP contribution in [0.3, 0.4) is 0 Å². The van der Waals surface area contributed by atoms with Crippen LogP contribution < -0.4 is 0 Å². The third-order valence-electron chi connectivity index (χ3n) is 10.3. The van der Waals surface area contributed by atoms with Crippen LogP contribution in [0, 0.1) is 0 Å². The molecule has 0 aliphatic carbocycles. The lowest BCUT2D eigenvalue weighted by atomic mass is 10.1. The first kappa shape index (κ1) is 62.3. The molecule has 0 radical (unpaired) electrons. The summed E-state index contributed by atoms with van der Waals surface area (Å²) in [5.74, 6) is -1.02. The molecule has 6 heteroatoms. The van der Waals surface area contributed by atoms with Crippen molar-refractivity contribution in [2.75, 3.05) is 13.2 Å². The van der Waals surface area contributed by atoms with E-state index in [0.29, 0.717) is 19.3 Å². The van der Waals surface area contributed by atoms with Gasteiger partial charge in [0, 0.05) is 19.3 Å². The van der Waals surface area contributed by atoms with Gasteiger partial charge in [-0.2, -0.15) is 0 Å². The third-order valence-corrected chi connectivity index (χ3v) is 10.3. The molecule has 0 bridgehead atoms. The largest absolute Gasteiger partial charge is 0.462 e. The summed E-state index contributed by atoms with van der Waals surface area (Å²) in [6, 6.07) is 0. The number of carbonyl (C=O) groups is 3. The molecule has 0 fully saturated rings. The van der Waals surface area contributed by atoms with Crippen molar-refractivity contribution in [1.82, 2.24) is 0 Å². The SMILES string of the molecule is CC/C=C\C/C=C\C/C=C\C/C=C\C/C=C\CCCCCC(=O)OCC(COC(=O)CCCCCC/C=C\C/C=C\C/C=C\CC)OC(=O)CCCCC/C=C\C/C=C\C/C=C\C/C=C\CC. The van der Waals surface area contributed by atoms with E-state index in [4.69, 9.17) is 14.2 Å². The molecule has 0 heterocycles. The van der Waals surface area contributed by atoms with E-state index in [-0.39, 0.29) is 37.5 Å². The van der Waals surface area contributed by atoms with E-state index >= 15 is 0 Å². The predicted octanol–water partition coefficient (Wildman–Crippen LogP) is 17.6. The van der Waals surface area contributed by atoms with Crippen LogP contribution >= 0.6 is 0 Å². The first-order valence-electron chi connectivity index (χ1n) is 26.3. The topological polar surface area (TPSA) is 78.9 Å². The standard InChI is InChI=1S/C61H94O6/c1-4-7-10-13-16-19-22-25-28-30-31-32-34-36-39-42-45-48-51-54-60(63)66-57-58(56-65-59(62)53-50-47-44-41-38-35-27-24-21-18-15-12-9-6-3)67-61(64)55-52-49-46-43-40-37-33-29-26-23-20-17-14-11-8-5-2/h7-12,16-21,25-29,31-32,35-37,39-40,58H,4-6,13-15,22-24,30,33-34,38,41-57H2,1-3H3/b10-7-,11-8-,12-9-,19-16-,20-17-,21-18-,28-25-,29-26-,32-31-,35-27-,39-36-,40-37-. The van der Waals surface area contributed by atoms with Crippen LogP contribution in [0.25, 0.3) is 0 Å². The Morgan fingerprint density at radius 2 is 0.537 bits per heavy atom. The summed E-state index contributed by atoms with van der Waals surface area (Å²) < 4.78 is 16.7. The van der Waals surface area contributed by atoms with Gasteiger partial charge in [-0.3, -0.25) is 14.4 Å². The molecule has 0 rings (SSSR count).